The Morgan fingerprint density at radius 1 is 1.06 bits per heavy atom. The number of carbonyl (C=O) groups excluding carboxylic acids is 3. The zero-order valence-electron chi connectivity index (χ0n) is 22.3. The molecular formula is C26H40FN5O4. The highest BCUT2D eigenvalue weighted by Crippen LogP contribution is 2.36. The van der Waals surface area contributed by atoms with Crippen molar-refractivity contribution in [1.82, 2.24) is 25.8 Å². The highest BCUT2D eigenvalue weighted by molar-refractivity contribution is 5.90. The third-order valence-corrected chi connectivity index (χ3v) is 6.86. The smallest absolute Gasteiger partial charge is 0.318 e. The van der Waals surface area contributed by atoms with E-state index in [4.69, 9.17) is 4.74 Å². The van der Waals surface area contributed by atoms with Gasteiger partial charge in [0.15, 0.2) is 0 Å². The average molecular weight is 506 g/mol. The molecule has 1 unspecified atom stereocenters. The maximum atomic E-state index is 13.9. The quantitative estimate of drug-likeness (QED) is 0.527. The van der Waals surface area contributed by atoms with Crippen LogP contribution >= 0.6 is 0 Å². The molecule has 0 aromatic heterocycles. The predicted octanol–water partition coefficient (Wildman–Crippen LogP) is 2.12. The number of rotatable bonds is 7. The van der Waals surface area contributed by atoms with Crippen molar-refractivity contribution in [3.05, 3.63) is 30.1 Å². The third-order valence-electron chi connectivity index (χ3n) is 6.86. The first-order chi connectivity index (χ1) is 16.8. The van der Waals surface area contributed by atoms with Crippen LogP contribution in [-0.2, 0) is 9.59 Å². The van der Waals surface area contributed by atoms with Crippen LogP contribution in [0.5, 0.6) is 5.75 Å². The van der Waals surface area contributed by atoms with Gasteiger partial charge < -0.3 is 30.5 Å². The molecule has 5 atom stereocenters. The topological polar surface area (TPSA) is 103 Å². The van der Waals surface area contributed by atoms with E-state index in [1.165, 1.54) is 12.1 Å². The van der Waals surface area contributed by atoms with Gasteiger partial charge in [-0.1, -0.05) is 20.8 Å². The van der Waals surface area contributed by atoms with Crippen molar-refractivity contribution < 1.29 is 23.5 Å². The van der Waals surface area contributed by atoms with Crippen LogP contribution in [0, 0.1) is 11.2 Å². The Hall–Kier alpha value is -2.88. The summed E-state index contributed by atoms with van der Waals surface area (Å²) < 4.78 is 19.7. The Morgan fingerprint density at radius 2 is 1.69 bits per heavy atom. The number of amides is 4. The molecule has 2 saturated heterocycles. The van der Waals surface area contributed by atoms with Crippen molar-refractivity contribution in [2.24, 2.45) is 5.41 Å². The minimum absolute atomic E-state index is 0.0400. The summed E-state index contributed by atoms with van der Waals surface area (Å²) in [6, 6.07) is 3.63. The first-order valence-corrected chi connectivity index (χ1v) is 12.6. The van der Waals surface area contributed by atoms with Gasteiger partial charge in [-0.05, 0) is 63.9 Å². The van der Waals surface area contributed by atoms with E-state index in [-0.39, 0.29) is 35.7 Å². The van der Waals surface area contributed by atoms with Gasteiger partial charge in [-0.3, -0.25) is 9.59 Å². The van der Waals surface area contributed by atoms with E-state index in [9.17, 15) is 18.8 Å². The second kappa shape index (κ2) is 11.0. The van der Waals surface area contributed by atoms with Crippen molar-refractivity contribution in [2.75, 3.05) is 20.1 Å². The summed E-state index contributed by atoms with van der Waals surface area (Å²) in [5.74, 6) is -0.369. The van der Waals surface area contributed by atoms with E-state index in [0.29, 0.717) is 25.3 Å². The van der Waals surface area contributed by atoms with Gasteiger partial charge in [-0.2, -0.15) is 0 Å². The minimum Gasteiger partial charge on any atom is -0.486 e. The Labute approximate surface area is 213 Å². The van der Waals surface area contributed by atoms with Crippen molar-refractivity contribution in [1.29, 1.82) is 0 Å². The summed E-state index contributed by atoms with van der Waals surface area (Å²) in [7, 11) is 1.69. The van der Waals surface area contributed by atoms with E-state index in [0.717, 1.165) is 0 Å². The highest BCUT2D eigenvalue weighted by Gasteiger charge is 2.54. The molecule has 3 N–H and O–H groups in total. The van der Waals surface area contributed by atoms with Gasteiger partial charge in [0, 0.05) is 12.6 Å². The number of halogens is 1. The van der Waals surface area contributed by atoms with Crippen LogP contribution < -0.4 is 20.7 Å². The fourth-order valence-electron chi connectivity index (χ4n) is 4.85. The minimum atomic E-state index is -0.760. The van der Waals surface area contributed by atoms with Crippen molar-refractivity contribution in [3.63, 3.8) is 0 Å². The lowest BCUT2D eigenvalue weighted by Gasteiger charge is -2.37. The van der Waals surface area contributed by atoms with Gasteiger partial charge in [0.2, 0.25) is 11.8 Å². The van der Waals surface area contributed by atoms with E-state index in [2.05, 4.69) is 16.0 Å². The summed E-state index contributed by atoms with van der Waals surface area (Å²) in [6.07, 6.45) is 0.0977. The number of urea groups is 1. The predicted molar refractivity (Wildman–Crippen MR) is 135 cm³/mol. The number of nitrogens with zero attached hydrogens (tertiary/aromatic N) is 2. The molecule has 36 heavy (non-hydrogen) atoms. The number of hydrogen-bond donors (Lipinski definition) is 3. The molecule has 10 heteroatoms. The molecule has 2 heterocycles. The standard InChI is InChI=1S/C26H40FN5O4/c1-15(2)29-25(35)32-14-20(36-18-10-8-17(27)9-11-18)21-19(32)12-13-31(21)24(34)22(26(4,5)6)30-23(33)16(3)28-7/h8-11,15-16,19-22,28H,12-14H2,1-7H3,(H,29,35)(H,30,33)/t16-,19+,20-,21-,22?/m0/s1. The number of nitrogens with one attached hydrogen (secondary N) is 3. The molecule has 0 radical (unpaired) electrons. The normalized spacial score (nSPS) is 23.3. The number of hydrogen-bond acceptors (Lipinski definition) is 5. The monoisotopic (exact) mass is 505 g/mol. The van der Waals surface area contributed by atoms with Crippen LogP contribution in [0.25, 0.3) is 0 Å². The lowest BCUT2D eigenvalue weighted by atomic mass is 9.85. The van der Waals surface area contributed by atoms with Crippen LogP contribution in [0.15, 0.2) is 24.3 Å². The van der Waals surface area contributed by atoms with Gasteiger partial charge >= 0.3 is 6.03 Å². The molecule has 0 aliphatic carbocycles. The number of carbonyl (C=O) groups is 3. The number of fused-ring (bicyclic) bond motifs is 1. The average Bonchev–Trinajstić information content (AvgIpc) is 3.38. The maximum absolute atomic E-state index is 13.9. The summed E-state index contributed by atoms with van der Waals surface area (Å²) in [6.45, 7) is 12.0. The largest absolute Gasteiger partial charge is 0.486 e. The second-order valence-electron chi connectivity index (χ2n) is 11.1. The molecule has 200 valence electrons. The van der Waals surface area contributed by atoms with Crippen LogP contribution in [-0.4, -0.2) is 84.1 Å². The fraction of sp³-hybridized carbons (Fsp3) is 0.654. The van der Waals surface area contributed by atoms with Crippen molar-refractivity contribution in [2.45, 2.75) is 84.3 Å². The van der Waals surface area contributed by atoms with Gasteiger partial charge in [-0.25, -0.2) is 9.18 Å². The summed E-state index contributed by atoms with van der Waals surface area (Å²) in [5, 5.41) is 8.77. The summed E-state index contributed by atoms with van der Waals surface area (Å²) in [5.41, 5.74) is -0.543. The molecule has 2 aliphatic heterocycles. The number of ether oxygens (including phenoxy) is 1. The van der Waals surface area contributed by atoms with Gasteiger partial charge in [-0.15, -0.1) is 0 Å². The van der Waals surface area contributed by atoms with Crippen LogP contribution in [0.3, 0.4) is 0 Å². The molecule has 0 bridgehead atoms. The Balaban J connectivity index is 1.90. The third kappa shape index (κ3) is 6.08. The molecule has 9 nitrogen and oxygen atoms in total. The fourth-order valence-corrected chi connectivity index (χ4v) is 4.85. The van der Waals surface area contributed by atoms with Crippen LogP contribution in [0.1, 0.15) is 48.0 Å². The SMILES string of the molecule is CN[C@@H](C)C(=O)NC(C(=O)N1CC[C@@H]2[C@H]1[C@@H](Oc1ccc(F)cc1)CN2C(=O)NC(C)C)C(C)(C)C. The molecule has 1 aromatic carbocycles. The number of likely N-dealkylation sites (tertiary alicyclic amines) is 2. The molecule has 0 saturated carbocycles. The molecule has 3 rings (SSSR count). The zero-order valence-corrected chi connectivity index (χ0v) is 22.3. The molecule has 1 aromatic rings. The van der Waals surface area contributed by atoms with E-state index < -0.39 is 29.6 Å². The molecular weight excluding hydrogens is 465 g/mol. The lowest BCUT2D eigenvalue weighted by Crippen LogP contribution is -2.59. The number of likely N-dealkylation sites (N-methyl/N-ethyl adjacent to an activating group) is 1. The number of benzene rings is 1. The van der Waals surface area contributed by atoms with Crippen LogP contribution in [0.2, 0.25) is 0 Å². The Kier molecular flexibility index (Phi) is 8.48. The summed E-state index contributed by atoms with van der Waals surface area (Å²) >= 11 is 0. The maximum Gasteiger partial charge on any atom is 0.318 e. The summed E-state index contributed by atoms with van der Waals surface area (Å²) in [4.78, 5) is 43.1. The molecule has 4 amide bonds. The van der Waals surface area contributed by atoms with Gasteiger partial charge in [0.25, 0.3) is 0 Å². The van der Waals surface area contributed by atoms with E-state index in [1.807, 2.05) is 34.6 Å². The first-order valence-electron chi connectivity index (χ1n) is 12.6. The zero-order chi connectivity index (χ0) is 26.8. The van der Waals surface area contributed by atoms with Crippen molar-refractivity contribution >= 4 is 17.8 Å². The lowest BCUT2D eigenvalue weighted by molar-refractivity contribution is -0.141. The Bertz CT molecular complexity index is 949. The van der Waals surface area contributed by atoms with Crippen LogP contribution in [0.4, 0.5) is 9.18 Å². The van der Waals surface area contributed by atoms with Crippen molar-refractivity contribution in [3.8, 4) is 5.75 Å². The van der Waals surface area contributed by atoms with Gasteiger partial charge in [0.05, 0.1) is 24.7 Å². The Morgan fingerprint density at radius 3 is 2.25 bits per heavy atom. The van der Waals surface area contributed by atoms with Gasteiger partial charge in [0.1, 0.15) is 23.7 Å². The second-order valence-corrected chi connectivity index (χ2v) is 11.1. The molecule has 2 fully saturated rings. The molecule has 0 spiro atoms. The van der Waals surface area contributed by atoms with E-state index >= 15 is 0 Å². The first kappa shape index (κ1) is 27.7. The molecule has 2 aliphatic rings. The highest BCUT2D eigenvalue weighted by atomic mass is 19.1. The van der Waals surface area contributed by atoms with E-state index in [1.54, 1.807) is 35.9 Å².